The predicted octanol–water partition coefficient (Wildman–Crippen LogP) is 2.34. The van der Waals surface area contributed by atoms with Crippen molar-refractivity contribution in [3.63, 3.8) is 0 Å². The average Bonchev–Trinajstić information content (AvgIpc) is 1.90. The second-order valence-electron chi connectivity index (χ2n) is 3.62. The van der Waals surface area contributed by atoms with Crippen LogP contribution in [0.1, 0.15) is 45.4 Å². The first-order chi connectivity index (χ1) is 4.79. The molecule has 0 heterocycles. The van der Waals surface area contributed by atoms with Gasteiger partial charge in [0.2, 0.25) is 0 Å². The molecule has 1 fully saturated rings. The van der Waals surface area contributed by atoms with Gasteiger partial charge in [0, 0.05) is 0 Å². The van der Waals surface area contributed by atoms with E-state index in [0.717, 1.165) is 18.8 Å². The molecule has 1 saturated carbocycles. The lowest BCUT2D eigenvalue weighted by molar-refractivity contribution is 0.133. The van der Waals surface area contributed by atoms with E-state index in [4.69, 9.17) is 0 Å². The van der Waals surface area contributed by atoms with Gasteiger partial charge in [0.05, 0.1) is 6.10 Å². The van der Waals surface area contributed by atoms with Crippen LogP contribution < -0.4 is 0 Å². The Bertz CT molecular complexity index is 78.7. The van der Waals surface area contributed by atoms with Gasteiger partial charge in [0.1, 0.15) is 0 Å². The summed E-state index contributed by atoms with van der Waals surface area (Å²) in [7, 11) is 0. The van der Waals surface area contributed by atoms with Crippen LogP contribution >= 0.6 is 0 Å². The van der Waals surface area contributed by atoms with Crippen LogP contribution in [0.15, 0.2) is 0 Å². The predicted molar refractivity (Wildman–Crippen MR) is 42.9 cm³/mol. The van der Waals surface area contributed by atoms with Crippen molar-refractivity contribution in [1.82, 2.24) is 0 Å². The Kier molecular flexibility index (Phi) is 3.20. The topological polar surface area (TPSA) is 20.2 Å². The maximum atomic E-state index is 9.33. The maximum Gasteiger partial charge on any atom is 0.0540 e. The molecule has 0 aromatic rings. The van der Waals surface area contributed by atoms with Crippen LogP contribution in [-0.2, 0) is 0 Å². The summed E-state index contributed by atoms with van der Waals surface area (Å²) in [6.45, 7) is 2.29. The highest BCUT2D eigenvalue weighted by Gasteiger charge is 2.11. The number of hydrogen-bond donors (Lipinski definition) is 1. The molecule has 0 amide bonds. The van der Waals surface area contributed by atoms with Crippen LogP contribution in [-0.4, -0.2) is 11.2 Å². The van der Waals surface area contributed by atoms with E-state index in [9.17, 15) is 5.11 Å². The summed E-state index contributed by atoms with van der Waals surface area (Å²) in [5.74, 6) is 0.843. The first kappa shape index (κ1) is 8.06. The molecular weight excluding hydrogens is 124 g/mol. The van der Waals surface area contributed by atoms with E-state index >= 15 is 0 Å². The fourth-order valence-corrected chi connectivity index (χ4v) is 1.64. The van der Waals surface area contributed by atoms with E-state index < -0.39 is 0 Å². The zero-order valence-electron chi connectivity index (χ0n) is 6.84. The van der Waals surface area contributed by atoms with E-state index in [1.165, 1.54) is 25.7 Å². The standard InChI is InChI=1S/C9H18O/c1-8-4-2-3-5-9(10)7-6-8/h8-10H,2-7H2,1H3. The quantitative estimate of drug-likeness (QED) is 0.550. The van der Waals surface area contributed by atoms with E-state index in [0.29, 0.717) is 0 Å². The van der Waals surface area contributed by atoms with Gasteiger partial charge in [-0.15, -0.1) is 0 Å². The minimum absolute atomic E-state index is 0.00255. The number of aliphatic hydroxyl groups excluding tert-OH is 1. The Labute approximate surface area is 63.4 Å². The summed E-state index contributed by atoms with van der Waals surface area (Å²) in [4.78, 5) is 0. The fraction of sp³-hybridized carbons (Fsp3) is 1.00. The molecule has 0 aromatic heterocycles. The van der Waals surface area contributed by atoms with Gasteiger partial charge in [-0.1, -0.05) is 26.2 Å². The second-order valence-corrected chi connectivity index (χ2v) is 3.62. The zero-order valence-corrected chi connectivity index (χ0v) is 6.84. The summed E-state index contributed by atoms with van der Waals surface area (Å²) >= 11 is 0. The number of aliphatic hydroxyl groups is 1. The molecule has 2 unspecified atom stereocenters. The highest BCUT2D eigenvalue weighted by molar-refractivity contribution is 4.64. The van der Waals surface area contributed by atoms with E-state index in [1.54, 1.807) is 0 Å². The van der Waals surface area contributed by atoms with Crippen LogP contribution in [0.2, 0.25) is 0 Å². The van der Waals surface area contributed by atoms with Crippen LogP contribution in [0.5, 0.6) is 0 Å². The van der Waals surface area contributed by atoms with Crippen LogP contribution in [0.4, 0.5) is 0 Å². The Morgan fingerprint density at radius 3 is 2.50 bits per heavy atom. The largest absolute Gasteiger partial charge is 0.393 e. The lowest BCUT2D eigenvalue weighted by Gasteiger charge is -2.18. The van der Waals surface area contributed by atoms with Crippen molar-refractivity contribution in [3.8, 4) is 0 Å². The Morgan fingerprint density at radius 1 is 1.00 bits per heavy atom. The van der Waals surface area contributed by atoms with Gasteiger partial charge >= 0.3 is 0 Å². The Hall–Kier alpha value is -0.0400. The molecule has 60 valence electrons. The molecule has 1 aliphatic rings. The van der Waals surface area contributed by atoms with E-state index in [-0.39, 0.29) is 6.10 Å². The molecule has 1 aliphatic carbocycles. The van der Waals surface area contributed by atoms with Crippen molar-refractivity contribution in [3.05, 3.63) is 0 Å². The van der Waals surface area contributed by atoms with Crippen LogP contribution in [0, 0.1) is 5.92 Å². The maximum absolute atomic E-state index is 9.33. The van der Waals surface area contributed by atoms with E-state index in [1.807, 2.05) is 0 Å². The average molecular weight is 142 g/mol. The molecule has 0 spiro atoms. The molecule has 2 atom stereocenters. The number of hydrogen-bond acceptors (Lipinski definition) is 1. The summed E-state index contributed by atoms with van der Waals surface area (Å²) in [6, 6.07) is 0. The third-order valence-corrected chi connectivity index (χ3v) is 2.48. The normalized spacial score (nSPS) is 36.6. The van der Waals surface area contributed by atoms with Gasteiger partial charge in [-0.05, 0) is 25.2 Å². The lowest BCUT2D eigenvalue weighted by atomic mass is 9.91. The summed E-state index contributed by atoms with van der Waals surface area (Å²) < 4.78 is 0. The molecule has 10 heavy (non-hydrogen) atoms. The molecule has 0 bridgehead atoms. The molecule has 1 nitrogen and oxygen atoms in total. The molecule has 0 saturated heterocycles. The minimum atomic E-state index is 0.00255. The molecule has 1 N–H and O–H groups in total. The first-order valence-electron chi connectivity index (χ1n) is 4.47. The fourth-order valence-electron chi connectivity index (χ4n) is 1.64. The van der Waals surface area contributed by atoms with Crippen molar-refractivity contribution in [2.75, 3.05) is 0 Å². The van der Waals surface area contributed by atoms with Gasteiger partial charge < -0.3 is 5.11 Å². The number of rotatable bonds is 0. The molecule has 1 rings (SSSR count). The van der Waals surface area contributed by atoms with Gasteiger partial charge in [-0.25, -0.2) is 0 Å². The third kappa shape index (κ3) is 2.70. The van der Waals surface area contributed by atoms with Crippen LogP contribution in [0.25, 0.3) is 0 Å². The molecule has 0 aromatic carbocycles. The van der Waals surface area contributed by atoms with Gasteiger partial charge in [-0.3, -0.25) is 0 Å². The molecule has 1 heteroatoms. The Balaban J connectivity index is 2.23. The smallest absolute Gasteiger partial charge is 0.0540 e. The first-order valence-corrected chi connectivity index (χ1v) is 4.47. The van der Waals surface area contributed by atoms with Crippen molar-refractivity contribution < 1.29 is 5.11 Å². The van der Waals surface area contributed by atoms with Gasteiger partial charge in [0.25, 0.3) is 0 Å². The van der Waals surface area contributed by atoms with Crippen LogP contribution in [0.3, 0.4) is 0 Å². The highest BCUT2D eigenvalue weighted by atomic mass is 16.3. The van der Waals surface area contributed by atoms with Gasteiger partial charge in [0.15, 0.2) is 0 Å². The van der Waals surface area contributed by atoms with Crippen molar-refractivity contribution >= 4 is 0 Å². The van der Waals surface area contributed by atoms with Crippen molar-refractivity contribution in [2.24, 2.45) is 5.92 Å². The highest BCUT2D eigenvalue weighted by Crippen LogP contribution is 2.21. The Morgan fingerprint density at radius 2 is 1.70 bits per heavy atom. The van der Waals surface area contributed by atoms with Crippen molar-refractivity contribution in [1.29, 1.82) is 0 Å². The lowest BCUT2D eigenvalue weighted by Crippen LogP contribution is -2.11. The van der Waals surface area contributed by atoms with Crippen molar-refractivity contribution in [2.45, 2.75) is 51.6 Å². The monoisotopic (exact) mass is 142 g/mol. The SMILES string of the molecule is CC1CCCCC(O)CC1. The molecular formula is C9H18O. The molecule has 0 aliphatic heterocycles. The third-order valence-electron chi connectivity index (χ3n) is 2.48. The minimum Gasteiger partial charge on any atom is -0.393 e. The summed E-state index contributed by atoms with van der Waals surface area (Å²) in [5.41, 5.74) is 0. The zero-order chi connectivity index (χ0) is 7.40. The van der Waals surface area contributed by atoms with Gasteiger partial charge in [-0.2, -0.15) is 0 Å². The summed E-state index contributed by atoms with van der Waals surface area (Å²) in [6.07, 6.45) is 7.20. The second kappa shape index (κ2) is 3.97. The van der Waals surface area contributed by atoms with E-state index in [2.05, 4.69) is 6.92 Å². The summed E-state index contributed by atoms with van der Waals surface area (Å²) in [5, 5.41) is 9.33. The molecule has 0 radical (unpaired) electrons.